The molecule has 8 nitrogen and oxygen atoms in total. The topological polar surface area (TPSA) is 103 Å². The first kappa shape index (κ1) is 34.1. The predicted molar refractivity (Wildman–Crippen MR) is 172 cm³/mol. The van der Waals surface area contributed by atoms with Crippen molar-refractivity contribution in [1.29, 1.82) is 0 Å². The van der Waals surface area contributed by atoms with Gasteiger partial charge in [-0.05, 0) is 76.1 Å². The number of anilines is 1. The van der Waals surface area contributed by atoms with Crippen molar-refractivity contribution in [2.75, 3.05) is 5.32 Å². The van der Waals surface area contributed by atoms with Gasteiger partial charge < -0.3 is 24.3 Å². The molecular formula is C34H48N3O5Si. The number of alkyl carbamates (subject to hydrolysis) is 1. The Morgan fingerprint density at radius 3 is 2.00 bits per heavy atom. The van der Waals surface area contributed by atoms with Crippen LogP contribution in [0.3, 0.4) is 0 Å². The highest BCUT2D eigenvalue weighted by atomic mass is 28.3. The third-order valence-corrected chi connectivity index (χ3v) is 8.09. The van der Waals surface area contributed by atoms with E-state index in [1.165, 1.54) is 6.20 Å². The van der Waals surface area contributed by atoms with Crippen molar-refractivity contribution in [2.45, 2.75) is 98.1 Å². The molecule has 0 saturated carbocycles. The number of ether oxygens (including phenoxy) is 1. The number of hydrogen-bond donors (Lipinski definition) is 2. The molecule has 0 saturated heterocycles. The third-order valence-electron chi connectivity index (χ3n) is 7.29. The van der Waals surface area contributed by atoms with E-state index in [1.54, 1.807) is 6.92 Å². The van der Waals surface area contributed by atoms with Crippen LogP contribution in [0.15, 0.2) is 71.4 Å². The molecule has 3 aromatic rings. The number of benzene rings is 2. The van der Waals surface area contributed by atoms with Crippen LogP contribution in [0.4, 0.5) is 10.5 Å². The Bertz CT molecular complexity index is 1320. The van der Waals surface area contributed by atoms with Crippen molar-refractivity contribution < 1.29 is 23.3 Å². The summed E-state index contributed by atoms with van der Waals surface area (Å²) in [7, 11) is -1.37. The maximum Gasteiger partial charge on any atom is 0.407 e. The van der Waals surface area contributed by atoms with Crippen LogP contribution < -0.4 is 10.6 Å². The highest BCUT2D eigenvalue weighted by Gasteiger charge is 2.47. The Labute approximate surface area is 258 Å². The third kappa shape index (κ3) is 10.4. The van der Waals surface area contributed by atoms with Crippen molar-refractivity contribution in [3.05, 3.63) is 83.7 Å². The molecule has 0 aliphatic carbocycles. The van der Waals surface area contributed by atoms with Crippen LogP contribution in [0.2, 0.25) is 13.1 Å². The second kappa shape index (κ2) is 14.4. The number of carbonyl (C=O) groups excluding carboxylic acids is 2. The van der Waals surface area contributed by atoms with Gasteiger partial charge in [0.2, 0.25) is 9.04 Å². The summed E-state index contributed by atoms with van der Waals surface area (Å²) in [6.45, 7) is 17.8. The van der Waals surface area contributed by atoms with Gasteiger partial charge >= 0.3 is 6.09 Å². The molecule has 0 fully saturated rings. The first-order valence-electron chi connectivity index (χ1n) is 14.9. The van der Waals surface area contributed by atoms with Gasteiger partial charge in [-0.2, -0.15) is 0 Å². The smallest absolute Gasteiger partial charge is 0.407 e. The van der Waals surface area contributed by atoms with Gasteiger partial charge in [-0.1, -0.05) is 86.6 Å². The van der Waals surface area contributed by atoms with Crippen molar-refractivity contribution in [3.8, 4) is 0 Å². The van der Waals surface area contributed by atoms with Gasteiger partial charge in [0.1, 0.15) is 16.9 Å². The molecule has 2 aromatic carbocycles. The number of aromatic nitrogens is 1. The summed E-state index contributed by atoms with van der Waals surface area (Å²) in [5.74, 6) is 0.0554. The average Bonchev–Trinajstić information content (AvgIpc) is 3.30. The number of nitrogens with one attached hydrogen (secondary N) is 2. The van der Waals surface area contributed by atoms with E-state index in [9.17, 15) is 9.59 Å². The molecule has 1 heterocycles. The van der Waals surface area contributed by atoms with Crippen molar-refractivity contribution in [2.24, 2.45) is 11.3 Å². The molecule has 0 aliphatic rings. The molecule has 233 valence electrons. The molecule has 0 spiro atoms. The van der Waals surface area contributed by atoms with Gasteiger partial charge in [0.15, 0.2) is 5.76 Å². The zero-order chi connectivity index (χ0) is 31.8. The first-order chi connectivity index (χ1) is 20.1. The molecule has 3 rings (SSSR count). The molecule has 1 radical (unpaired) electrons. The Morgan fingerprint density at radius 1 is 0.930 bits per heavy atom. The summed E-state index contributed by atoms with van der Waals surface area (Å²) < 4.78 is 17.8. The lowest BCUT2D eigenvalue weighted by atomic mass is 9.68. The Morgan fingerprint density at radius 2 is 1.51 bits per heavy atom. The fourth-order valence-corrected chi connectivity index (χ4v) is 6.40. The van der Waals surface area contributed by atoms with Crippen LogP contribution in [-0.2, 0) is 26.8 Å². The molecule has 2 amide bonds. The minimum absolute atomic E-state index is 0.195. The maximum absolute atomic E-state index is 14.5. The lowest BCUT2D eigenvalue weighted by molar-refractivity contribution is -0.134. The standard InChI is InChI=1S/C34H48N3O5Si/c1-24-29(23-35-41-24)36-30(38)34(42-43(8)9,21-26-18-14-11-15-19-26)22-27(32(2,3)4)28(20-25-16-12-10-13-17-25)37-31(39)40-33(5,6)7/h10-19,23,27-28H,20-22H2,1-9H3,(H,36,38)(H,37,39)/t27-,28+,34+/m1/s1. The molecular weight excluding hydrogens is 558 g/mol. The number of amides is 2. The maximum atomic E-state index is 14.5. The fraction of sp³-hybridized carbons (Fsp3) is 0.500. The number of rotatable bonds is 12. The van der Waals surface area contributed by atoms with Crippen LogP contribution in [0.25, 0.3) is 0 Å². The van der Waals surface area contributed by atoms with Gasteiger partial charge in [0.05, 0.1) is 6.20 Å². The second-order valence-electron chi connectivity index (χ2n) is 13.5. The molecule has 1 aromatic heterocycles. The highest BCUT2D eigenvalue weighted by molar-refractivity contribution is 6.48. The van der Waals surface area contributed by atoms with Gasteiger partial charge in [0, 0.05) is 12.5 Å². The van der Waals surface area contributed by atoms with Crippen LogP contribution in [0.5, 0.6) is 0 Å². The van der Waals surface area contributed by atoms with Crippen LogP contribution >= 0.6 is 0 Å². The molecule has 0 bridgehead atoms. The summed E-state index contributed by atoms with van der Waals surface area (Å²) in [5, 5.41) is 10.1. The average molecular weight is 607 g/mol. The number of hydrogen-bond acceptors (Lipinski definition) is 6. The molecule has 43 heavy (non-hydrogen) atoms. The summed E-state index contributed by atoms with van der Waals surface area (Å²) >= 11 is 0. The lowest BCUT2D eigenvalue weighted by Gasteiger charge is -2.44. The van der Waals surface area contributed by atoms with E-state index < -0.39 is 26.3 Å². The SMILES string of the molecule is Cc1oncc1NC(=O)[C@](Cc1ccccc1)(C[C@H]([C@H](Cc1ccccc1)NC(=O)OC(C)(C)C)C(C)(C)C)O[Si](C)C. The molecule has 9 heteroatoms. The van der Waals surface area contributed by atoms with Gasteiger partial charge in [-0.25, -0.2) is 4.79 Å². The second-order valence-corrected chi connectivity index (χ2v) is 15.6. The van der Waals surface area contributed by atoms with Crippen LogP contribution in [0, 0.1) is 18.3 Å². The van der Waals surface area contributed by atoms with Gasteiger partial charge in [-0.15, -0.1) is 0 Å². The van der Waals surface area contributed by atoms with E-state index in [0.717, 1.165) is 11.1 Å². The number of carbonyl (C=O) groups is 2. The van der Waals surface area contributed by atoms with Crippen LogP contribution in [0.1, 0.15) is 64.9 Å². The molecule has 0 unspecified atom stereocenters. The van der Waals surface area contributed by atoms with E-state index in [4.69, 9.17) is 13.7 Å². The summed E-state index contributed by atoms with van der Waals surface area (Å²) in [6, 6.07) is 19.6. The largest absolute Gasteiger partial charge is 0.444 e. The lowest BCUT2D eigenvalue weighted by Crippen LogP contribution is -2.56. The van der Waals surface area contributed by atoms with Crippen LogP contribution in [-0.4, -0.2) is 43.4 Å². The van der Waals surface area contributed by atoms with Crippen molar-refractivity contribution >= 4 is 26.7 Å². The Balaban J connectivity index is 2.13. The summed E-state index contributed by atoms with van der Waals surface area (Å²) in [6.07, 6.45) is 2.29. The quantitative estimate of drug-likeness (QED) is 0.209. The van der Waals surface area contributed by atoms with E-state index in [1.807, 2.05) is 82.4 Å². The zero-order valence-electron chi connectivity index (χ0n) is 27.1. The van der Waals surface area contributed by atoms with Crippen molar-refractivity contribution in [1.82, 2.24) is 10.5 Å². The number of aryl methyl sites for hydroxylation is 1. The minimum Gasteiger partial charge on any atom is -0.444 e. The normalized spacial score (nSPS) is 14.9. The van der Waals surface area contributed by atoms with Gasteiger partial charge in [-0.3, -0.25) is 4.79 Å². The fourth-order valence-electron chi connectivity index (χ4n) is 5.37. The van der Waals surface area contributed by atoms with E-state index in [0.29, 0.717) is 30.7 Å². The minimum atomic E-state index is -1.37. The predicted octanol–water partition coefficient (Wildman–Crippen LogP) is 7.36. The number of nitrogens with zero attached hydrogens (tertiary/aromatic N) is 1. The first-order valence-corrected chi connectivity index (χ1v) is 17.3. The Hall–Kier alpha value is -3.43. The summed E-state index contributed by atoms with van der Waals surface area (Å²) in [4.78, 5) is 27.7. The van der Waals surface area contributed by atoms with E-state index in [-0.39, 0.29) is 23.3 Å². The monoisotopic (exact) mass is 606 g/mol. The van der Waals surface area contributed by atoms with Gasteiger partial charge in [0.25, 0.3) is 5.91 Å². The zero-order valence-corrected chi connectivity index (χ0v) is 28.1. The van der Waals surface area contributed by atoms with E-state index >= 15 is 0 Å². The van der Waals surface area contributed by atoms with E-state index in [2.05, 4.69) is 48.7 Å². The molecule has 3 atom stereocenters. The van der Waals surface area contributed by atoms with Crippen molar-refractivity contribution in [3.63, 3.8) is 0 Å². The summed E-state index contributed by atoms with van der Waals surface area (Å²) in [5.41, 5.74) is 0.332. The Kier molecular flexibility index (Phi) is 11.4. The molecule has 2 N–H and O–H groups in total. The highest BCUT2D eigenvalue weighted by Crippen LogP contribution is 2.40. The molecule has 0 aliphatic heterocycles.